The molecule has 154 valence electrons. The Bertz CT molecular complexity index is 883. The first-order valence-corrected chi connectivity index (χ1v) is 8.20. The van der Waals surface area contributed by atoms with E-state index in [-0.39, 0.29) is 23.4 Å². The first-order valence-electron chi connectivity index (χ1n) is 8.20. The summed E-state index contributed by atoms with van der Waals surface area (Å²) in [5, 5.41) is 37.2. The molecule has 2 rings (SSSR count). The summed E-state index contributed by atoms with van der Waals surface area (Å²) < 4.78 is 9.70. The Hall–Kier alpha value is -3.51. The number of ether oxygens (including phenoxy) is 2. The molecule has 0 aliphatic carbocycles. The van der Waals surface area contributed by atoms with Gasteiger partial charge in [0.05, 0.1) is 5.56 Å². The highest BCUT2D eigenvalue weighted by Gasteiger charge is 2.30. The molecule has 0 amide bonds. The molecule has 0 aliphatic heterocycles. The van der Waals surface area contributed by atoms with Crippen LogP contribution < -0.4 is 15.7 Å². The monoisotopic (exact) mass is 406 g/mol. The van der Waals surface area contributed by atoms with Crippen LogP contribution in [-0.2, 0) is 20.7 Å². The van der Waals surface area contributed by atoms with Crippen molar-refractivity contribution in [2.75, 3.05) is 0 Å². The third-order valence-corrected chi connectivity index (χ3v) is 3.81. The summed E-state index contributed by atoms with van der Waals surface area (Å²) in [5.41, 5.74) is 5.47. The number of nitrogens with one attached hydrogen (secondary N) is 1. The number of benzene rings is 2. The molecule has 11 heteroatoms. The molecule has 0 heterocycles. The number of para-hydroxylation sites is 1. The molecule has 6 N–H and O–H groups in total. The molecule has 0 spiro atoms. The van der Waals surface area contributed by atoms with E-state index < -0.39 is 35.5 Å². The minimum absolute atomic E-state index is 0.0123. The van der Waals surface area contributed by atoms with Gasteiger partial charge in [0.1, 0.15) is 11.8 Å². The van der Waals surface area contributed by atoms with Gasteiger partial charge in [0.25, 0.3) is 0 Å². The van der Waals surface area contributed by atoms with E-state index in [2.05, 4.69) is 0 Å². The van der Waals surface area contributed by atoms with E-state index in [1.165, 1.54) is 48.5 Å². The van der Waals surface area contributed by atoms with Gasteiger partial charge in [-0.2, -0.15) is 5.23 Å². The minimum atomic E-state index is -1.89. The number of carboxylic acids is 2. The van der Waals surface area contributed by atoms with Crippen LogP contribution in [0.2, 0.25) is 0 Å². The van der Waals surface area contributed by atoms with Gasteiger partial charge in [-0.05, 0) is 30.2 Å². The van der Waals surface area contributed by atoms with E-state index in [1.54, 1.807) is 0 Å². The van der Waals surface area contributed by atoms with E-state index in [0.29, 0.717) is 5.56 Å². The maximum atomic E-state index is 12.0. The van der Waals surface area contributed by atoms with Crippen molar-refractivity contribution >= 4 is 23.8 Å². The number of hydrogen-bond acceptors (Lipinski definition) is 8. The molecular weight excluding hydrogens is 388 g/mol. The molecule has 0 aliphatic rings. The number of nitrogens with two attached hydrogens (primary N) is 1. The fraction of sp³-hybridized carbons (Fsp3) is 0.167. The van der Waals surface area contributed by atoms with Gasteiger partial charge >= 0.3 is 18.1 Å². The fourth-order valence-corrected chi connectivity index (χ4v) is 2.42. The zero-order valence-corrected chi connectivity index (χ0v) is 14.8. The van der Waals surface area contributed by atoms with Crippen molar-refractivity contribution in [3.8, 4) is 5.75 Å². The number of carbonyl (C=O) groups excluding carboxylic acids is 1. The molecule has 0 saturated heterocycles. The predicted molar refractivity (Wildman–Crippen MR) is 95.5 cm³/mol. The molecule has 11 nitrogen and oxygen atoms in total. The van der Waals surface area contributed by atoms with Crippen LogP contribution in [0.3, 0.4) is 0 Å². The lowest BCUT2D eigenvalue weighted by Crippen LogP contribution is -2.99. The molecule has 29 heavy (non-hydrogen) atoms. The first-order chi connectivity index (χ1) is 13.7. The van der Waals surface area contributed by atoms with Crippen molar-refractivity contribution in [3.05, 3.63) is 64.9 Å². The molecule has 0 bridgehead atoms. The highest BCUT2D eigenvalue weighted by molar-refractivity contribution is 5.79. The van der Waals surface area contributed by atoms with Crippen LogP contribution in [0.1, 0.15) is 17.2 Å². The summed E-state index contributed by atoms with van der Waals surface area (Å²) in [5.74, 6) is -2.72. The molecule has 2 unspecified atom stereocenters. The first kappa shape index (κ1) is 21.8. The number of aliphatic carboxylic acids is 2. The second kappa shape index (κ2) is 9.61. The molecule has 0 aromatic heterocycles. The van der Waals surface area contributed by atoms with Crippen LogP contribution in [0.25, 0.3) is 0 Å². The number of quaternary nitrogens is 1. The third kappa shape index (κ3) is 5.99. The molecule has 0 saturated carbocycles. The van der Waals surface area contributed by atoms with Crippen LogP contribution in [0.15, 0.2) is 48.5 Å². The Morgan fingerprint density at radius 3 is 2.21 bits per heavy atom. The van der Waals surface area contributed by atoms with E-state index >= 15 is 0 Å². The SMILES string of the molecule is N[C@H](Cc1ccc(OC(=O)OC(C(=O)O)c2ccccc2[NH+]([O-])O)cc1)C(=O)O. The zero-order valence-electron chi connectivity index (χ0n) is 14.8. The highest BCUT2D eigenvalue weighted by Crippen LogP contribution is 2.24. The minimum Gasteiger partial charge on any atom is -0.595 e. The van der Waals surface area contributed by atoms with Crippen LogP contribution in [0, 0.1) is 5.21 Å². The Kier molecular flexibility index (Phi) is 7.22. The van der Waals surface area contributed by atoms with Gasteiger partial charge in [0, 0.05) is 6.07 Å². The molecule has 2 aromatic rings. The lowest BCUT2D eigenvalue weighted by atomic mass is 10.1. The van der Waals surface area contributed by atoms with Crippen molar-refractivity contribution in [1.82, 2.24) is 0 Å². The second-order valence-electron chi connectivity index (χ2n) is 5.87. The summed E-state index contributed by atoms with van der Waals surface area (Å²) in [6, 6.07) is 9.81. The van der Waals surface area contributed by atoms with Crippen LogP contribution >= 0.6 is 0 Å². The largest absolute Gasteiger partial charge is 0.595 e. The fourth-order valence-electron chi connectivity index (χ4n) is 2.42. The third-order valence-electron chi connectivity index (χ3n) is 3.81. The number of carboxylic acid groups (broad SMARTS) is 2. The van der Waals surface area contributed by atoms with Gasteiger partial charge in [-0.1, -0.05) is 24.3 Å². The van der Waals surface area contributed by atoms with Crippen LogP contribution in [0.5, 0.6) is 5.75 Å². The topological polar surface area (TPSA) is 184 Å². The van der Waals surface area contributed by atoms with Gasteiger partial charge < -0.3 is 30.6 Å². The van der Waals surface area contributed by atoms with Gasteiger partial charge in [-0.25, -0.2) is 14.8 Å². The Morgan fingerprint density at radius 1 is 1.03 bits per heavy atom. The predicted octanol–water partition coefficient (Wildman–Crippen LogP) is 0.386. The Balaban J connectivity index is 2.08. The summed E-state index contributed by atoms with van der Waals surface area (Å²) >= 11 is 0. The lowest BCUT2D eigenvalue weighted by molar-refractivity contribution is -0.991. The van der Waals surface area contributed by atoms with Gasteiger partial charge in [-0.3, -0.25) is 4.79 Å². The summed E-state index contributed by atoms with van der Waals surface area (Å²) in [6.07, 6.45) is -3.18. The van der Waals surface area contributed by atoms with Crippen molar-refractivity contribution < 1.29 is 44.5 Å². The molecule has 3 atom stereocenters. The molecule has 0 radical (unpaired) electrons. The zero-order chi connectivity index (χ0) is 21.6. The summed E-state index contributed by atoms with van der Waals surface area (Å²) in [6.45, 7) is 0. The number of rotatable bonds is 8. The lowest BCUT2D eigenvalue weighted by Gasteiger charge is -2.19. The summed E-state index contributed by atoms with van der Waals surface area (Å²) in [7, 11) is 0. The molecule has 0 fully saturated rings. The second-order valence-corrected chi connectivity index (χ2v) is 5.87. The number of carbonyl (C=O) groups is 3. The molecule has 2 aromatic carbocycles. The van der Waals surface area contributed by atoms with Gasteiger partial charge in [0.2, 0.25) is 6.10 Å². The number of hydrogen-bond donors (Lipinski definition) is 5. The van der Waals surface area contributed by atoms with Gasteiger partial charge in [0.15, 0.2) is 5.69 Å². The highest BCUT2D eigenvalue weighted by atomic mass is 16.8. The Labute approximate surface area is 164 Å². The summed E-state index contributed by atoms with van der Waals surface area (Å²) in [4.78, 5) is 34.2. The van der Waals surface area contributed by atoms with Crippen LogP contribution in [-0.4, -0.2) is 39.6 Å². The van der Waals surface area contributed by atoms with Gasteiger partial charge in [-0.15, -0.1) is 0 Å². The maximum absolute atomic E-state index is 12.0. The van der Waals surface area contributed by atoms with Crippen molar-refractivity contribution in [2.24, 2.45) is 5.73 Å². The van der Waals surface area contributed by atoms with Crippen molar-refractivity contribution in [3.63, 3.8) is 0 Å². The van der Waals surface area contributed by atoms with Crippen molar-refractivity contribution in [1.29, 1.82) is 0 Å². The Morgan fingerprint density at radius 2 is 1.66 bits per heavy atom. The van der Waals surface area contributed by atoms with Crippen LogP contribution in [0.4, 0.5) is 10.5 Å². The van der Waals surface area contributed by atoms with E-state index in [1.807, 2.05) is 0 Å². The average molecular weight is 406 g/mol. The maximum Gasteiger partial charge on any atom is 0.515 e. The van der Waals surface area contributed by atoms with Crippen molar-refractivity contribution in [2.45, 2.75) is 18.6 Å². The normalized spacial score (nSPS) is 13.8. The van der Waals surface area contributed by atoms with E-state index in [9.17, 15) is 29.9 Å². The molecular formula is C18H18N2O9. The smallest absolute Gasteiger partial charge is 0.515 e. The quantitative estimate of drug-likeness (QED) is 0.233. The van der Waals surface area contributed by atoms with E-state index in [0.717, 1.165) is 0 Å². The van der Waals surface area contributed by atoms with E-state index in [4.69, 9.17) is 20.3 Å². The standard InChI is InChI=1S/C18H18N2O9/c19-13(16(21)22)9-10-5-7-11(8-6-10)28-18(25)29-15(17(23)24)12-3-1-2-4-14(12)20(26)27/h1-8,13,15,20,26H,9,19H2,(H,21,22)(H,23,24)/t13-,15?/m1/s1. The average Bonchev–Trinajstić information content (AvgIpc) is 2.67.